The molecule has 0 bridgehead atoms. The Morgan fingerprint density at radius 1 is 1.17 bits per heavy atom. The fraction of sp³-hybridized carbons (Fsp3) is 0.571. The maximum atomic E-state index is 8.94. The van der Waals surface area contributed by atoms with Crippen LogP contribution in [0.3, 0.4) is 0 Å². The summed E-state index contributed by atoms with van der Waals surface area (Å²) in [6.45, 7) is 7.69. The molecule has 1 aromatic carbocycles. The minimum atomic E-state index is 0.156. The largest absolute Gasteiger partial charge is 0.492 e. The Hall–Kier alpha value is -1.10. The van der Waals surface area contributed by atoms with Crippen LogP contribution in [0, 0.1) is 13.8 Å². The van der Waals surface area contributed by atoms with Crippen molar-refractivity contribution in [1.82, 2.24) is 4.90 Å². The van der Waals surface area contributed by atoms with Gasteiger partial charge in [0, 0.05) is 26.2 Å². The van der Waals surface area contributed by atoms with E-state index in [0.717, 1.165) is 30.0 Å². The standard InChI is InChI=1S/C14H24N2O2/c1-12-4-3-5-13(2)14(12)18-11-9-16(7-6-15)8-10-17/h3-5,17H,6-11,15H2,1-2H3. The number of ether oxygens (including phenoxy) is 1. The van der Waals surface area contributed by atoms with Crippen molar-refractivity contribution in [2.45, 2.75) is 13.8 Å². The lowest BCUT2D eigenvalue weighted by Crippen LogP contribution is -2.35. The van der Waals surface area contributed by atoms with Gasteiger partial charge in [-0.3, -0.25) is 4.90 Å². The van der Waals surface area contributed by atoms with Crippen LogP contribution in [0.2, 0.25) is 0 Å². The molecule has 0 radical (unpaired) electrons. The number of para-hydroxylation sites is 1. The van der Waals surface area contributed by atoms with E-state index in [1.54, 1.807) is 0 Å². The summed E-state index contributed by atoms with van der Waals surface area (Å²) in [6.07, 6.45) is 0. The Morgan fingerprint density at radius 2 is 1.83 bits per heavy atom. The Balaban J connectivity index is 2.44. The Morgan fingerprint density at radius 3 is 2.39 bits per heavy atom. The molecule has 0 atom stereocenters. The molecule has 0 spiro atoms. The second-order valence-electron chi connectivity index (χ2n) is 4.42. The SMILES string of the molecule is Cc1cccc(C)c1OCCN(CCN)CCO. The number of nitrogens with zero attached hydrogens (tertiary/aromatic N) is 1. The molecule has 0 aromatic heterocycles. The number of hydrogen-bond acceptors (Lipinski definition) is 4. The molecule has 0 aliphatic carbocycles. The Kier molecular flexibility index (Phi) is 6.72. The van der Waals surface area contributed by atoms with Gasteiger partial charge in [-0.05, 0) is 25.0 Å². The number of benzene rings is 1. The lowest BCUT2D eigenvalue weighted by Gasteiger charge is -2.21. The van der Waals surface area contributed by atoms with E-state index in [1.165, 1.54) is 0 Å². The van der Waals surface area contributed by atoms with Crippen molar-refractivity contribution in [1.29, 1.82) is 0 Å². The van der Waals surface area contributed by atoms with Crippen LogP contribution in [0.15, 0.2) is 18.2 Å². The van der Waals surface area contributed by atoms with E-state index in [4.69, 9.17) is 15.6 Å². The fourth-order valence-corrected chi connectivity index (χ4v) is 1.96. The number of rotatable bonds is 8. The third kappa shape index (κ3) is 4.64. The molecule has 0 fully saturated rings. The van der Waals surface area contributed by atoms with Crippen molar-refractivity contribution in [3.05, 3.63) is 29.3 Å². The van der Waals surface area contributed by atoms with Gasteiger partial charge in [0.2, 0.25) is 0 Å². The zero-order valence-corrected chi connectivity index (χ0v) is 11.4. The quantitative estimate of drug-likeness (QED) is 0.723. The third-order valence-corrected chi connectivity index (χ3v) is 2.92. The molecule has 1 rings (SSSR count). The van der Waals surface area contributed by atoms with Gasteiger partial charge in [0.05, 0.1) is 6.61 Å². The highest BCUT2D eigenvalue weighted by atomic mass is 16.5. The topological polar surface area (TPSA) is 58.7 Å². The molecular weight excluding hydrogens is 228 g/mol. The van der Waals surface area contributed by atoms with E-state index >= 15 is 0 Å². The van der Waals surface area contributed by atoms with Crippen LogP contribution in [0.1, 0.15) is 11.1 Å². The predicted octanol–water partition coefficient (Wildman–Crippen LogP) is 0.935. The van der Waals surface area contributed by atoms with Crippen LogP contribution in [-0.4, -0.2) is 49.4 Å². The van der Waals surface area contributed by atoms with Crippen LogP contribution in [0.25, 0.3) is 0 Å². The van der Waals surface area contributed by atoms with Crippen molar-refractivity contribution in [2.75, 3.05) is 39.4 Å². The normalized spacial score (nSPS) is 10.9. The van der Waals surface area contributed by atoms with Gasteiger partial charge in [-0.25, -0.2) is 0 Å². The van der Waals surface area contributed by atoms with Crippen LogP contribution < -0.4 is 10.5 Å². The molecule has 4 heteroatoms. The zero-order chi connectivity index (χ0) is 13.4. The first-order chi connectivity index (χ1) is 8.69. The van der Waals surface area contributed by atoms with Crippen LogP contribution in [-0.2, 0) is 0 Å². The number of hydrogen-bond donors (Lipinski definition) is 2. The molecule has 0 saturated heterocycles. The molecule has 18 heavy (non-hydrogen) atoms. The molecule has 0 unspecified atom stereocenters. The molecule has 0 aliphatic rings. The average Bonchev–Trinajstić information content (AvgIpc) is 2.33. The summed E-state index contributed by atoms with van der Waals surface area (Å²) in [4.78, 5) is 2.10. The average molecular weight is 252 g/mol. The number of aryl methyl sites for hydroxylation is 2. The van der Waals surface area contributed by atoms with Gasteiger partial charge >= 0.3 is 0 Å². The molecule has 0 aliphatic heterocycles. The van der Waals surface area contributed by atoms with Gasteiger partial charge < -0.3 is 15.6 Å². The number of aliphatic hydroxyl groups excluding tert-OH is 1. The van der Waals surface area contributed by atoms with Gasteiger partial charge in [0.25, 0.3) is 0 Å². The summed E-state index contributed by atoms with van der Waals surface area (Å²) in [5, 5.41) is 8.94. The van der Waals surface area contributed by atoms with E-state index in [2.05, 4.69) is 4.90 Å². The monoisotopic (exact) mass is 252 g/mol. The summed E-state index contributed by atoms with van der Waals surface area (Å²) >= 11 is 0. The molecule has 0 saturated carbocycles. The summed E-state index contributed by atoms with van der Waals surface area (Å²) < 4.78 is 5.83. The Labute approximate surface area is 109 Å². The first-order valence-electron chi connectivity index (χ1n) is 6.41. The lowest BCUT2D eigenvalue weighted by molar-refractivity contribution is 0.171. The predicted molar refractivity (Wildman–Crippen MR) is 74.0 cm³/mol. The molecule has 0 heterocycles. The van der Waals surface area contributed by atoms with Gasteiger partial charge in [0.1, 0.15) is 12.4 Å². The third-order valence-electron chi connectivity index (χ3n) is 2.92. The highest BCUT2D eigenvalue weighted by Gasteiger charge is 2.06. The van der Waals surface area contributed by atoms with Crippen LogP contribution in [0.5, 0.6) is 5.75 Å². The number of nitrogens with two attached hydrogens (primary N) is 1. The molecule has 102 valence electrons. The minimum absolute atomic E-state index is 0.156. The molecular formula is C14H24N2O2. The van der Waals surface area contributed by atoms with Crippen LogP contribution >= 0.6 is 0 Å². The first-order valence-corrected chi connectivity index (χ1v) is 6.41. The number of aliphatic hydroxyl groups is 1. The summed E-state index contributed by atoms with van der Waals surface area (Å²) in [5.41, 5.74) is 7.84. The van der Waals surface area contributed by atoms with Crippen LogP contribution in [0.4, 0.5) is 0 Å². The van der Waals surface area contributed by atoms with E-state index in [0.29, 0.717) is 19.7 Å². The minimum Gasteiger partial charge on any atom is -0.492 e. The molecule has 3 N–H and O–H groups in total. The van der Waals surface area contributed by atoms with Gasteiger partial charge in [-0.1, -0.05) is 18.2 Å². The molecule has 0 amide bonds. The van der Waals surface area contributed by atoms with Crippen molar-refractivity contribution in [3.63, 3.8) is 0 Å². The van der Waals surface area contributed by atoms with E-state index in [1.807, 2.05) is 32.0 Å². The smallest absolute Gasteiger partial charge is 0.125 e. The molecule has 1 aromatic rings. The maximum absolute atomic E-state index is 8.94. The van der Waals surface area contributed by atoms with E-state index in [-0.39, 0.29) is 6.61 Å². The second kappa shape index (κ2) is 8.08. The van der Waals surface area contributed by atoms with Gasteiger partial charge in [-0.15, -0.1) is 0 Å². The maximum Gasteiger partial charge on any atom is 0.125 e. The fourth-order valence-electron chi connectivity index (χ4n) is 1.96. The summed E-state index contributed by atoms with van der Waals surface area (Å²) in [6, 6.07) is 6.13. The lowest BCUT2D eigenvalue weighted by atomic mass is 10.1. The Bertz CT molecular complexity index is 329. The van der Waals surface area contributed by atoms with E-state index in [9.17, 15) is 0 Å². The first kappa shape index (κ1) is 15.0. The van der Waals surface area contributed by atoms with E-state index < -0.39 is 0 Å². The summed E-state index contributed by atoms with van der Waals surface area (Å²) in [5.74, 6) is 0.967. The van der Waals surface area contributed by atoms with Crippen molar-refractivity contribution in [2.24, 2.45) is 5.73 Å². The second-order valence-corrected chi connectivity index (χ2v) is 4.42. The summed E-state index contributed by atoms with van der Waals surface area (Å²) in [7, 11) is 0. The van der Waals surface area contributed by atoms with Crippen molar-refractivity contribution < 1.29 is 9.84 Å². The highest BCUT2D eigenvalue weighted by Crippen LogP contribution is 2.21. The molecule has 4 nitrogen and oxygen atoms in total. The van der Waals surface area contributed by atoms with Gasteiger partial charge in [-0.2, -0.15) is 0 Å². The highest BCUT2D eigenvalue weighted by molar-refractivity contribution is 5.39. The van der Waals surface area contributed by atoms with Crippen molar-refractivity contribution >= 4 is 0 Å². The van der Waals surface area contributed by atoms with Gasteiger partial charge in [0.15, 0.2) is 0 Å². The van der Waals surface area contributed by atoms with Crippen molar-refractivity contribution in [3.8, 4) is 5.75 Å². The zero-order valence-electron chi connectivity index (χ0n) is 11.4.